The third-order valence-corrected chi connectivity index (χ3v) is 5.20. The van der Waals surface area contributed by atoms with E-state index in [4.69, 9.17) is 0 Å². The predicted octanol–water partition coefficient (Wildman–Crippen LogP) is 4.12. The molecule has 2 N–H and O–H groups in total. The average Bonchev–Trinajstić information content (AvgIpc) is 3.33. The second kappa shape index (κ2) is 10.4. The fourth-order valence-corrected chi connectivity index (χ4v) is 3.45. The van der Waals surface area contributed by atoms with Gasteiger partial charge in [-0.05, 0) is 36.2 Å². The summed E-state index contributed by atoms with van der Waals surface area (Å²) in [6.45, 7) is 3.37. The average molecular weight is 499 g/mol. The second-order valence-corrected chi connectivity index (χ2v) is 7.01. The SMILES string of the molecule is CCc1ccc(CNC(=NC)NCc2ccc(-n3ccnc3)c(F)c2)s1.I. The van der Waals surface area contributed by atoms with E-state index in [0.717, 1.165) is 18.5 Å². The van der Waals surface area contributed by atoms with Gasteiger partial charge in [0.1, 0.15) is 5.82 Å². The van der Waals surface area contributed by atoms with Crippen LogP contribution in [0.25, 0.3) is 5.69 Å². The van der Waals surface area contributed by atoms with Gasteiger partial charge in [0.2, 0.25) is 0 Å². The molecular weight excluding hydrogens is 476 g/mol. The first-order chi connectivity index (χ1) is 12.7. The van der Waals surface area contributed by atoms with Gasteiger partial charge in [0.05, 0.1) is 18.6 Å². The lowest BCUT2D eigenvalue weighted by atomic mass is 10.2. The van der Waals surface area contributed by atoms with E-state index in [2.05, 4.69) is 39.7 Å². The highest BCUT2D eigenvalue weighted by Crippen LogP contribution is 2.17. The summed E-state index contributed by atoms with van der Waals surface area (Å²) < 4.78 is 16.0. The third kappa shape index (κ3) is 5.77. The Hall–Kier alpha value is -1.94. The minimum Gasteiger partial charge on any atom is -0.352 e. The summed E-state index contributed by atoms with van der Waals surface area (Å²) in [6.07, 6.45) is 5.98. The molecule has 0 unspecified atom stereocenters. The maximum atomic E-state index is 14.3. The Morgan fingerprint density at radius 3 is 2.59 bits per heavy atom. The lowest BCUT2D eigenvalue weighted by Gasteiger charge is -2.12. The number of imidazole rings is 1. The number of benzene rings is 1. The summed E-state index contributed by atoms with van der Waals surface area (Å²) in [5, 5.41) is 6.50. The van der Waals surface area contributed by atoms with E-state index in [1.165, 1.54) is 15.8 Å². The van der Waals surface area contributed by atoms with Crippen LogP contribution < -0.4 is 10.6 Å². The number of aromatic nitrogens is 2. The van der Waals surface area contributed by atoms with Crippen molar-refractivity contribution in [2.24, 2.45) is 4.99 Å². The quantitative estimate of drug-likeness (QED) is 0.305. The van der Waals surface area contributed by atoms with Crippen molar-refractivity contribution in [3.63, 3.8) is 0 Å². The smallest absolute Gasteiger partial charge is 0.191 e. The normalized spacial score (nSPS) is 11.1. The Balaban J connectivity index is 0.00000261. The van der Waals surface area contributed by atoms with Gasteiger partial charge in [-0.3, -0.25) is 4.99 Å². The van der Waals surface area contributed by atoms with Crippen LogP contribution in [0.1, 0.15) is 22.2 Å². The van der Waals surface area contributed by atoms with Crippen LogP contribution in [0.3, 0.4) is 0 Å². The summed E-state index contributed by atoms with van der Waals surface area (Å²) >= 11 is 1.80. The maximum absolute atomic E-state index is 14.3. The topological polar surface area (TPSA) is 54.2 Å². The number of halogens is 2. The van der Waals surface area contributed by atoms with Gasteiger partial charge in [-0.15, -0.1) is 35.3 Å². The van der Waals surface area contributed by atoms with Crippen molar-refractivity contribution >= 4 is 41.3 Å². The van der Waals surface area contributed by atoms with Gasteiger partial charge in [-0.25, -0.2) is 9.37 Å². The van der Waals surface area contributed by atoms with Crippen LogP contribution in [-0.2, 0) is 19.5 Å². The first-order valence-electron chi connectivity index (χ1n) is 8.48. The monoisotopic (exact) mass is 499 g/mol. The highest BCUT2D eigenvalue weighted by atomic mass is 127. The van der Waals surface area contributed by atoms with Crippen LogP contribution in [0.4, 0.5) is 4.39 Å². The molecule has 0 aliphatic heterocycles. The highest BCUT2D eigenvalue weighted by molar-refractivity contribution is 14.0. The molecular formula is C19H23FIN5S. The number of thiophene rings is 1. The molecule has 5 nitrogen and oxygen atoms in total. The summed E-state index contributed by atoms with van der Waals surface area (Å²) in [5.74, 6) is 0.409. The number of hydrogen-bond donors (Lipinski definition) is 2. The molecule has 3 rings (SSSR count). The van der Waals surface area contributed by atoms with E-state index in [1.54, 1.807) is 47.7 Å². The van der Waals surface area contributed by atoms with E-state index in [9.17, 15) is 4.39 Å². The molecule has 0 fully saturated rings. The van der Waals surface area contributed by atoms with Crippen LogP contribution >= 0.6 is 35.3 Å². The standard InChI is InChI=1S/C19H22FN5S.HI/c1-3-15-5-6-16(26-15)12-24-19(21-2)23-11-14-4-7-18(17(20)10-14)25-9-8-22-13-25;/h4-10,13H,3,11-12H2,1-2H3,(H2,21,23,24);1H. The van der Waals surface area contributed by atoms with Crippen molar-refractivity contribution in [3.8, 4) is 5.69 Å². The molecule has 8 heteroatoms. The number of nitrogens with one attached hydrogen (secondary N) is 2. The fourth-order valence-electron chi connectivity index (χ4n) is 2.56. The molecule has 0 radical (unpaired) electrons. The van der Waals surface area contributed by atoms with Crippen molar-refractivity contribution in [2.45, 2.75) is 26.4 Å². The minimum absolute atomic E-state index is 0. The van der Waals surface area contributed by atoms with Gasteiger partial charge in [0.25, 0.3) is 0 Å². The minimum atomic E-state index is -0.282. The molecule has 0 spiro atoms. The molecule has 1 aromatic carbocycles. The molecule has 3 aromatic rings. The fraction of sp³-hybridized carbons (Fsp3) is 0.263. The van der Waals surface area contributed by atoms with Crippen molar-refractivity contribution in [2.75, 3.05) is 7.05 Å². The number of nitrogens with zero attached hydrogens (tertiary/aromatic N) is 3. The third-order valence-electron chi connectivity index (χ3n) is 3.97. The Kier molecular flexibility index (Phi) is 8.23. The number of aryl methyl sites for hydroxylation is 1. The molecule has 2 heterocycles. The number of hydrogen-bond acceptors (Lipinski definition) is 3. The van der Waals surface area contributed by atoms with Crippen LogP contribution in [-0.4, -0.2) is 22.6 Å². The van der Waals surface area contributed by atoms with Gasteiger partial charge in [0.15, 0.2) is 5.96 Å². The van der Waals surface area contributed by atoms with Crippen LogP contribution in [0, 0.1) is 5.82 Å². The Bertz CT molecular complexity index is 876. The molecule has 27 heavy (non-hydrogen) atoms. The van der Waals surface area contributed by atoms with E-state index in [0.29, 0.717) is 18.2 Å². The molecule has 0 bridgehead atoms. The Morgan fingerprint density at radius 1 is 1.19 bits per heavy atom. The molecule has 0 aliphatic rings. The van der Waals surface area contributed by atoms with Crippen LogP contribution in [0.15, 0.2) is 54.0 Å². The van der Waals surface area contributed by atoms with Crippen molar-refractivity contribution in [1.82, 2.24) is 20.2 Å². The zero-order valence-corrected chi connectivity index (χ0v) is 18.4. The molecule has 0 saturated heterocycles. The number of aliphatic imine (C=N–C) groups is 1. The first kappa shape index (κ1) is 21.4. The summed E-state index contributed by atoms with van der Waals surface area (Å²) in [7, 11) is 1.73. The zero-order valence-electron chi connectivity index (χ0n) is 15.3. The lowest BCUT2D eigenvalue weighted by molar-refractivity contribution is 0.615. The molecule has 0 atom stereocenters. The van der Waals surface area contributed by atoms with Crippen LogP contribution in [0.5, 0.6) is 0 Å². The molecule has 144 valence electrons. The van der Waals surface area contributed by atoms with Crippen molar-refractivity contribution < 1.29 is 4.39 Å². The van der Waals surface area contributed by atoms with E-state index < -0.39 is 0 Å². The first-order valence-corrected chi connectivity index (χ1v) is 9.30. The molecule has 0 amide bonds. The summed E-state index contributed by atoms with van der Waals surface area (Å²) in [5.41, 5.74) is 1.33. The van der Waals surface area contributed by atoms with Gasteiger partial charge >= 0.3 is 0 Å². The van der Waals surface area contributed by atoms with E-state index in [-0.39, 0.29) is 29.8 Å². The second-order valence-electron chi connectivity index (χ2n) is 5.76. The maximum Gasteiger partial charge on any atom is 0.191 e. The van der Waals surface area contributed by atoms with Crippen LogP contribution in [0.2, 0.25) is 0 Å². The van der Waals surface area contributed by atoms with E-state index >= 15 is 0 Å². The summed E-state index contributed by atoms with van der Waals surface area (Å²) in [6, 6.07) is 9.46. The Morgan fingerprint density at radius 2 is 1.96 bits per heavy atom. The Labute approximate surface area is 179 Å². The van der Waals surface area contributed by atoms with Gasteiger partial charge in [-0.1, -0.05) is 13.0 Å². The number of guanidine groups is 1. The molecule has 0 saturated carbocycles. The zero-order chi connectivity index (χ0) is 18.4. The molecule has 0 aliphatic carbocycles. The lowest BCUT2D eigenvalue weighted by Crippen LogP contribution is -2.36. The van der Waals surface area contributed by atoms with Gasteiger partial charge in [-0.2, -0.15) is 0 Å². The van der Waals surface area contributed by atoms with Gasteiger partial charge < -0.3 is 15.2 Å². The predicted molar refractivity (Wildman–Crippen MR) is 120 cm³/mol. The summed E-state index contributed by atoms with van der Waals surface area (Å²) in [4.78, 5) is 10.8. The number of rotatable bonds is 6. The largest absolute Gasteiger partial charge is 0.352 e. The molecule has 2 aromatic heterocycles. The van der Waals surface area contributed by atoms with E-state index in [1.807, 2.05) is 6.07 Å². The van der Waals surface area contributed by atoms with Crippen molar-refractivity contribution in [3.05, 3.63) is 70.2 Å². The highest BCUT2D eigenvalue weighted by Gasteiger charge is 2.06. The van der Waals surface area contributed by atoms with Crippen molar-refractivity contribution in [1.29, 1.82) is 0 Å². The van der Waals surface area contributed by atoms with Gasteiger partial charge in [0, 0.05) is 35.7 Å².